The van der Waals surface area contributed by atoms with Crippen molar-refractivity contribution in [2.45, 2.75) is 13.8 Å². The predicted molar refractivity (Wildman–Crippen MR) is 39.5 cm³/mol. The zero-order valence-corrected chi connectivity index (χ0v) is 7.12. The van der Waals surface area contributed by atoms with E-state index in [1.165, 1.54) is 0 Å². The number of alkyl halides is 1. The third-order valence-corrected chi connectivity index (χ3v) is 2.93. The van der Waals surface area contributed by atoms with Crippen LogP contribution in [0.15, 0.2) is 0 Å². The average molecular weight is 168 g/mol. The molecule has 0 aromatic carbocycles. The molecular weight excluding hydrogens is 155 g/mol. The van der Waals surface area contributed by atoms with E-state index in [9.17, 15) is 12.8 Å². The third kappa shape index (κ3) is 4.73. The van der Waals surface area contributed by atoms with Gasteiger partial charge >= 0.3 is 0 Å². The second kappa shape index (κ2) is 3.91. The Bertz CT molecular complexity index is 172. The highest BCUT2D eigenvalue weighted by Gasteiger charge is 2.11. The highest BCUT2D eigenvalue weighted by Crippen LogP contribution is 2.00. The lowest BCUT2D eigenvalue weighted by Gasteiger charge is -2.03. The Morgan fingerprint density at radius 3 is 2.20 bits per heavy atom. The Balaban J connectivity index is 3.89. The van der Waals surface area contributed by atoms with E-state index < -0.39 is 16.5 Å². The standard InChI is InChI=1S/C6H13FO2S/c1-6(2)5-10(8,9)4-3-7/h6H,3-5H2,1-2H3. The summed E-state index contributed by atoms with van der Waals surface area (Å²) in [6.07, 6.45) is 0. The fourth-order valence-corrected chi connectivity index (χ4v) is 2.13. The largest absolute Gasteiger partial charge is 0.250 e. The summed E-state index contributed by atoms with van der Waals surface area (Å²) in [5.74, 6) is -0.140. The molecule has 0 spiro atoms. The van der Waals surface area contributed by atoms with Crippen LogP contribution in [0.5, 0.6) is 0 Å². The van der Waals surface area contributed by atoms with Crippen molar-refractivity contribution in [1.29, 1.82) is 0 Å². The van der Waals surface area contributed by atoms with E-state index in [0.717, 1.165) is 0 Å². The van der Waals surface area contributed by atoms with Gasteiger partial charge in [0.15, 0.2) is 9.84 Å². The molecule has 0 N–H and O–H groups in total. The topological polar surface area (TPSA) is 34.1 Å². The second-order valence-corrected chi connectivity index (χ2v) is 4.93. The maximum Gasteiger partial charge on any atom is 0.153 e. The molecule has 2 nitrogen and oxygen atoms in total. The minimum absolute atomic E-state index is 0.0940. The van der Waals surface area contributed by atoms with Crippen molar-refractivity contribution >= 4 is 9.84 Å². The van der Waals surface area contributed by atoms with Gasteiger partial charge < -0.3 is 0 Å². The molecule has 0 aliphatic carbocycles. The van der Waals surface area contributed by atoms with Gasteiger partial charge in [-0.05, 0) is 5.92 Å². The van der Waals surface area contributed by atoms with Crippen LogP contribution in [0, 0.1) is 5.92 Å². The van der Waals surface area contributed by atoms with Crippen LogP contribution < -0.4 is 0 Å². The van der Waals surface area contributed by atoms with E-state index in [1.54, 1.807) is 13.8 Å². The van der Waals surface area contributed by atoms with Gasteiger partial charge in [0.1, 0.15) is 6.67 Å². The molecule has 0 aromatic rings. The van der Waals surface area contributed by atoms with Crippen LogP contribution in [0.25, 0.3) is 0 Å². The number of halogens is 1. The highest BCUT2D eigenvalue weighted by atomic mass is 32.2. The molecular formula is C6H13FO2S. The maximum absolute atomic E-state index is 11.6. The summed E-state index contributed by atoms with van der Waals surface area (Å²) in [5.41, 5.74) is 0. The summed E-state index contributed by atoms with van der Waals surface area (Å²) in [4.78, 5) is 0. The Morgan fingerprint density at radius 1 is 1.40 bits per heavy atom. The summed E-state index contributed by atoms with van der Waals surface area (Å²) in [7, 11) is -3.11. The molecule has 0 rings (SSSR count). The van der Waals surface area contributed by atoms with Gasteiger partial charge in [-0.25, -0.2) is 12.8 Å². The third-order valence-electron chi connectivity index (χ3n) is 0.975. The molecule has 0 atom stereocenters. The molecule has 0 aliphatic rings. The van der Waals surface area contributed by atoms with Gasteiger partial charge in [0.05, 0.1) is 11.5 Å². The first kappa shape index (κ1) is 9.88. The smallest absolute Gasteiger partial charge is 0.153 e. The predicted octanol–water partition coefficient (Wildman–Crippen LogP) is 1.03. The Kier molecular flexibility index (Phi) is 3.86. The molecule has 4 heteroatoms. The lowest BCUT2D eigenvalue weighted by Crippen LogP contribution is -2.16. The Hall–Kier alpha value is -0.120. The fourth-order valence-electron chi connectivity index (χ4n) is 0.709. The molecule has 0 amide bonds. The van der Waals surface area contributed by atoms with Crippen molar-refractivity contribution in [3.05, 3.63) is 0 Å². The van der Waals surface area contributed by atoms with Crippen molar-refractivity contribution in [3.63, 3.8) is 0 Å². The summed E-state index contributed by atoms with van der Waals surface area (Å²) < 4.78 is 33.2. The highest BCUT2D eigenvalue weighted by molar-refractivity contribution is 7.91. The van der Waals surface area contributed by atoms with E-state index in [2.05, 4.69) is 0 Å². The van der Waals surface area contributed by atoms with Gasteiger partial charge in [0.2, 0.25) is 0 Å². The van der Waals surface area contributed by atoms with Gasteiger partial charge in [-0.1, -0.05) is 13.8 Å². The van der Waals surface area contributed by atoms with Crippen molar-refractivity contribution < 1.29 is 12.8 Å². The number of sulfone groups is 1. The summed E-state index contributed by atoms with van der Waals surface area (Å²) in [5, 5.41) is 0. The Labute approximate surface area is 61.4 Å². The fraction of sp³-hybridized carbons (Fsp3) is 1.00. The van der Waals surface area contributed by atoms with Crippen LogP contribution in [-0.2, 0) is 9.84 Å². The lowest BCUT2D eigenvalue weighted by atomic mass is 10.3. The van der Waals surface area contributed by atoms with Crippen molar-refractivity contribution in [3.8, 4) is 0 Å². The summed E-state index contributed by atoms with van der Waals surface area (Å²) in [6.45, 7) is 2.83. The molecule has 0 saturated heterocycles. The molecule has 0 heterocycles. The normalized spacial score (nSPS) is 12.4. The summed E-state index contributed by atoms with van der Waals surface area (Å²) >= 11 is 0. The molecule has 10 heavy (non-hydrogen) atoms. The summed E-state index contributed by atoms with van der Waals surface area (Å²) in [6, 6.07) is 0. The molecule has 0 radical (unpaired) electrons. The molecule has 0 bridgehead atoms. The van der Waals surface area contributed by atoms with Crippen LogP contribution in [-0.4, -0.2) is 26.6 Å². The Morgan fingerprint density at radius 2 is 1.90 bits per heavy atom. The molecule has 0 aromatic heterocycles. The zero-order chi connectivity index (χ0) is 8.20. The van der Waals surface area contributed by atoms with E-state index in [1.807, 2.05) is 0 Å². The molecule has 0 fully saturated rings. The maximum atomic E-state index is 11.6. The second-order valence-electron chi connectivity index (χ2n) is 2.70. The number of hydrogen-bond acceptors (Lipinski definition) is 2. The van der Waals surface area contributed by atoms with Crippen LogP contribution in [0.3, 0.4) is 0 Å². The van der Waals surface area contributed by atoms with Gasteiger partial charge in [-0.3, -0.25) is 0 Å². The van der Waals surface area contributed by atoms with Crippen molar-refractivity contribution in [2.75, 3.05) is 18.2 Å². The van der Waals surface area contributed by atoms with Gasteiger partial charge in [-0.15, -0.1) is 0 Å². The molecule has 0 saturated carbocycles. The monoisotopic (exact) mass is 168 g/mol. The molecule has 0 aliphatic heterocycles. The zero-order valence-electron chi connectivity index (χ0n) is 6.30. The number of rotatable bonds is 4. The first-order valence-corrected chi connectivity index (χ1v) is 5.06. The SMILES string of the molecule is CC(C)CS(=O)(=O)CCF. The molecule has 62 valence electrons. The lowest BCUT2D eigenvalue weighted by molar-refractivity contribution is 0.514. The minimum atomic E-state index is -3.11. The first-order chi connectivity index (χ1) is 4.48. The quantitative estimate of drug-likeness (QED) is 0.628. The van der Waals surface area contributed by atoms with Crippen LogP contribution in [0.2, 0.25) is 0 Å². The van der Waals surface area contributed by atoms with Crippen molar-refractivity contribution in [1.82, 2.24) is 0 Å². The van der Waals surface area contributed by atoms with Crippen LogP contribution in [0.1, 0.15) is 13.8 Å². The van der Waals surface area contributed by atoms with Crippen LogP contribution in [0.4, 0.5) is 4.39 Å². The van der Waals surface area contributed by atoms with E-state index in [-0.39, 0.29) is 17.4 Å². The van der Waals surface area contributed by atoms with Crippen LogP contribution >= 0.6 is 0 Å². The van der Waals surface area contributed by atoms with Gasteiger partial charge in [-0.2, -0.15) is 0 Å². The first-order valence-electron chi connectivity index (χ1n) is 3.24. The molecule has 0 unspecified atom stereocenters. The number of hydrogen-bond donors (Lipinski definition) is 0. The van der Waals surface area contributed by atoms with Gasteiger partial charge in [0.25, 0.3) is 0 Å². The van der Waals surface area contributed by atoms with Crippen molar-refractivity contribution in [2.24, 2.45) is 5.92 Å². The minimum Gasteiger partial charge on any atom is -0.250 e. The van der Waals surface area contributed by atoms with E-state index in [0.29, 0.717) is 0 Å². The van der Waals surface area contributed by atoms with E-state index >= 15 is 0 Å². The average Bonchev–Trinajstić information content (AvgIpc) is 1.59. The van der Waals surface area contributed by atoms with Gasteiger partial charge in [0, 0.05) is 0 Å². The van der Waals surface area contributed by atoms with E-state index in [4.69, 9.17) is 0 Å².